The topological polar surface area (TPSA) is 12.0 Å². The summed E-state index contributed by atoms with van der Waals surface area (Å²) in [6.45, 7) is 0.428. The molecule has 1 atom stereocenters. The van der Waals surface area contributed by atoms with Gasteiger partial charge in [-0.1, -0.05) is 12.1 Å². The maximum atomic E-state index is 13.5. The molecule has 0 aliphatic carbocycles. The SMILES string of the molecule is CNCCC(F)c1cccc(C(F)(F)F)c1. The van der Waals surface area contributed by atoms with Gasteiger partial charge in [-0.05, 0) is 37.7 Å². The largest absolute Gasteiger partial charge is 0.416 e. The summed E-state index contributed by atoms with van der Waals surface area (Å²) in [5.74, 6) is 0. The highest BCUT2D eigenvalue weighted by Gasteiger charge is 2.30. The Hall–Kier alpha value is -1.10. The molecule has 1 rings (SSSR count). The Morgan fingerprint density at radius 3 is 2.56 bits per heavy atom. The first-order valence-corrected chi connectivity index (χ1v) is 4.91. The molecule has 1 unspecified atom stereocenters. The van der Waals surface area contributed by atoms with Crippen LogP contribution in [0.25, 0.3) is 0 Å². The summed E-state index contributed by atoms with van der Waals surface area (Å²) in [6.07, 6.45) is -5.62. The first kappa shape index (κ1) is 13.0. The fraction of sp³-hybridized carbons (Fsp3) is 0.455. The van der Waals surface area contributed by atoms with Crippen molar-refractivity contribution in [1.82, 2.24) is 5.32 Å². The summed E-state index contributed by atoms with van der Waals surface area (Å²) in [7, 11) is 1.67. The van der Waals surface area contributed by atoms with Crippen molar-refractivity contribution in [3.63, 3.8) is 0 Å². The molecule has 1 N–H and O–H groups in total. The van der Waals surface area contributed by atoms with Crippen LogP contribution in [0, 0.1) is 0 Å². The Bertz CT molecular complexity index is 335. The van der Waals surface area contributed by atoms with Crippen molar-refractivity contribution in [1.29, 1.82) is 0 Å². The van der Waals surface area contributed by atoms with Crippen molar-refractivity contribution >= 4 is 0 Å². The van der Waals surface area contributed by atoms with Crippen molar-refractivity contribution in [3.05, 3.63) is 35.4 Å². The van der Waals surface area contributed by atoms with Crippen LogP contribution in [-0.4, -0.2) is 13.6 Å². The van der Waals surface area contributed by atoms with E-state index in [0.29, 0.717) is 6.54 Å². The molecule has 0 heterocycles. The van der Waals surface area contributed by atoms with Crippen LogP contribution in [0.4, 0.5) is 17.6 Å². The molecular weight excluding hydrogens is 222 g/mol. The third-order valence-electron chi connectivity index (χ3n) is 2.22. The van der Waals surface area contributed by atoms with E-state index in [2.05, 4.69) is 5.32 Å². The van der Waals surface area contributed by atoms with E-state index in [4.69, 9.17) is 0 Å². The summed E-state index contributed by atoms with van der Waals surface area (Å²) in [6, 6.07) is 4.40. The average Bonchev–Trinajstić information content (AvgIpc) is 2.25. The van der Waals surface area contributed by atoms with Crippen LogP contribution in [0.1, 0.15) is 23.7 Å². The van der Waals surface area contributed by atoms with Gasteiger partial charge in [0.25, 0.3) is 0 Å². The molecule has 0 aliphatic heterocycles. The predicted molar refractivity (Wildman–Crippen MR) is 53.8 cm³/mol. The summed E-state index contributed by atoms with van der Waals surface area (Å²) in [5, 5.41) is 2.75. The molecular formula is C11H13F4N. The van der Waals surface area contributed by atoms with E-state index < -0.39 is 17.9 Å². The zero-order valence-corrected chi connectivity index (χ0v) is 8.81. The molecule has 90 valence electrons. The summed E-state index contributed by atoms with van der Waals surface area (Å²) < 4.78 is 50.5. The minimum atomic E-state index is -4.42. The molecule has 0 amide bonds. The lowest BCUT2D eigenvalue weighted by Gasteiger charge is -2.11. The highest BCUT2D eigenvalue weighted by atomic mass is 19.4. The van der Waals surface area contributed by atoms with Crippen molar-refractivity contribution in [2.75, 3.05) is 13.6 Å². The van der Waals surface area contributed by atoms with E-state index in [0.717, 1.165) is 12.1 Å². The molecule has 1 aromatic carbocycles. The van der Waals surface area contributed by atoms with E-state index in [1.807, 2.05) is 0 Å². The second-order valence-corrected chi connectivity index (χ2v) is 3.48. The van der Waals surface area contributed by atoms with Crippen LogP contribution in [0.2, 0.25) is 0 Å². The molecule has 0 spiro atoms. The third-order valence-corrected chi connectivity index (χ3v) is 2.22. The molecule has 0 aliphatic rings. The first-order valence-electron chi connectivity index (χ1n) is 4.91. The van der Waals surface area contributed by atoms with Gasteiger partial charge in [0.15, 0.2) is 0 Å². The molecule has 0 saturated heterocycles. The highest BCUT2D eigenvalue weighted by molar-refractivity contribution is 5.27. The zero-order chi connectivity index (χ0) is 12.2. The van der Waals surface area contributed by atoms with E-state index in [1.165, 1.54) is 12.1 Å². The van der Waals surface area contributed by atoms with Crippen LogP contribution in [0.15, 0.2) is 24.3 Å². The van der Waals surface area contributed by atoms with Gasteiger partial charge in [0, 0.05) is 0 Å². The summed E-state index contributed by atoms with van der Waals surface area (Å²) in [4.78, 5) is 0. The van der Waals surface area contributed by atoms with Crippen molar-refractivity contribution in [2.24, 2.45) is 0 Å². The van der Waals surface area contributed by atoms with Gasteiger partial charge in [0.2, 0.25) is 0 Å². The van der Waals surface area contributed by atoms with Gasteiger partial charge < -0.3 is 5.32 Å². The molecule has 0 bridgehead atoms. The number of halogens is 4. The van der Waals surface area contributed by atoms with E-state index in [9.17, 15) is 17.6 Å². The quantitative estimate of drug-likeness (QED) is 0.789. The van der Waals surface area contributed by atoms with Gasteiger partial charge >= 0.3 is 6.18 Å². The molecule has 0 fully saturated rings. The Morgan fingerprint density at radius 1 is 1.31 bits per heavy atom. The minimum Gasteiger partial charge on any atom is -0.320 e. The van der Waals surface area contributed by atoms with Crippen LogP contribution in [-0.2, 0) is 6.18 Å². The first-order chi connectivity index (χ1) is 7.45. The minimum absolute atomic E-state index is 0.0741. The lowest BCUT2D eigenvalue weighted by Crippen LogP contribution is -2.11. The zero-order valence-electron chi connectivity index (χ0n) is 8.81. The van der Waals surface area contributed by atoms with Crippen LogP contribution in [0.3, 0.4) is 0 Å². The maximum Gasteiger partial charge on any atom is 0.416 e. The maximum absolute atomic E-state index is 13.5. The fourth-order valence-electron chi connectivity index (χ4n) is 1.35. The van der Waals surface area contributed by atoms with Crippen LogP contribution in [0.5, 0.6) is 0 Å². The molecule has 1 nitrogen and oxygen atoms in total. The Morgan fingerprint density at radius 2 is 2.00 bits per heavy atom. The Labute approximate surface area is 91.5 Å². The third kappa shape index (κ3) is 3.48. The highest BCUT2D eigenvalue weighted by Crippen LogP contribution is 2.31. The predicted octanol–water partition coefficient (Wildman–Crippen LogP) is 3.33. The average molecular weight is 235 g/mol. The van der Waals surface area contributed by atoms with Gasteiger partial charge in [-0.3, -0.25) is 0 Å². The van der Waals surface area contributed by atoms with Crippen molar-refractivity contribution < 1.29 is 17.6 Å². The summed E-state index contributed by atoms with van der Waals surface area (Å²) >= 11 is 0. The lowest BCUT2D eigenvalue weighted by molar-refractivity contribution is -0.137. The Balaban J connectivity index is 2.82. The normalized spacial score (nSPS) is 13.8. The second kappa shape index (κ2) is 5.30. The fourth-order valence-corrected chi connectivity index (χ4v) is 1.35. The van der Waals surface area contributed by atoms with E-state index >= 15 is 0 Å². The molecule has 0 aromatic heterocycles. The number of rotatable bonds is 4. The molecule has 16 heavy (non-hydrogen) atoms. The number of benzene rings is 1. The van der Waals surface area contributed by atoms with Crippen LogP contribution < -0.4 is 5.32 Å². The number of hydrogen-bond donors (Lipinski definition) is 1. The molecule has 1 aromatic rings. The standard InChI is InChI=1S/C11H13F4N/c1-16-6-5-10(12)8-3-2-4-9(7-8)11(13,14)15/h2-4,7,10,16H,5-6H2,1H3. The van der Waals surface area contributed by atoms with E-state index in [-0.39, 0.29) is 12.0 Å². The molecule has 5 heteroatoms. The second-order valence-electron chi connectivity index (χ2n) is 3.48. The lowest BCUT2D eigenvalue weighted by atomic mass is 10.0. The van der Waals surface area contributed by atoms with Gasteiger partial charge in [0.05, 0.1) is 5.56 Å². The van der Waals surface area contributed by atoms with Gasteiger partial charge in [-0.25, -0.2) is 4.39 Å². The smallest absolute Gasteiger partial charge is 0.320 e. The van der Waals surface area contributed by atoms with Gasteiger partial charge in [-0.15, -0.1) is 0 Å². The molecule has 0 radical (unpaired) electrons. The number of nitrogens with one attached hydrogen (secondary N) is 1. The van der Waals surface area contributed by atoms with Gasteiger partial charge in [0.1, 0.15) is 6.17 Å². The monoisotopic (exact) mass is 235 g/mol. The van der Waals surface area contributed by atoms with Gasteiger partial charge in [-0.2, -0.15) is 13.2 Å². The Kier molecular flexibility index (Phi) is 4.29. The number of alkyl halides is 4. The van der Waals surface area contributed by atoms with Crippen molar-refractivity contribution in [3.8, 4) is 0 Å². The molecule has 0 saturated carbocycles. The number of hydrogen-bond acceptors (Lipinski definition) is 1. The van der Waals surface area contributed by atoms with Crippen molar-refractivity contribution in [2.45, 2.75) is 18.8 Å². The van der Waals surface area contributed by atoms with E-state index in [1.54, 1.807) is 7.05 Å². The summed E-state index contributed by atoms with van der Waals surface area (Å²) in [5.41, 5.74) is -0.734. The van der Waals surface area contributed by atoms with Crippen LogP contribution >= 0.6 is 0 Å².